The number of amides is 1. The van der Waals surface area contributed by atoms with Crippen LogP contribution in [0.4, 0.5) is 5.69 Å². The van der Waals surface area contributed by atoms with Gasteiger partial charge in [0.05, 0.1) is 17.1 Å². The number of benzene rings is 2. The molecule has 0 fully saturated rings. The van der Waals surface area contributed by atoms with Crippen LogP contribution in [-0.2, 0) is 17.8 Å². The molecule has 0 bridgehead atoms. The van der Waals surface area contributed by atoms with E-state index < -0.39 is 0 Å². The fraction of sp³-hybridized carbons (Fsp3) is 0.105. The summed E-state index contributed by atoms with van der Waals surface area (Å²) in [7, 11) is 0. The van der Waals surface area contributed by atoms with E-state index in [-0.39, 0.29) is 18.9 Å². The van der Waals surface area contributed by atoms with Gasteiger partial charge in [-0.15, -0.1) is 0 Å². The number of aliphatic hydroxyl groups excluding tert-OH is 1. The molecule has 2 aromatic carbocycles. The second-order valence-corrected chi connectivity index (χ2v) is 5.74. The lowest BCUT2D eigenvalue weighted by molar-refractivity contribution is -0.115. The highest BCUT2D eigenvalue weighted by Crippen LogP contribution is 2.30. The molecule has 0 atom stereocenters. The smallest absolute Gasteiger partial charge is 0.228 e. The quantitative estimate of drug-likeness (QED) is 0.728. The first-order valence-corrected chi connectivity index (χ1v) is 7.87. The number of nitrogens with one attached hydrogen (secondary N) is 1. The van der Waals surface area contributed by atoms with Crippen molar-refractivity contribution < 1.29 is 14.3 Å². The number of halogens is 1. The SMILES string of the molecule is O=C(Cc1ccccc1)Nc1cc(-c2ccc(CO)o2)ccc1Cl. The van der Waals surface area contributed by atoms with Gasteiger partial charge < -0.3 is 14.8 Å². The standard InChI is InChI=1S/C19H16ClNO3/c20-16-8-6-14(18-9-7-15(12-22)24-18)11-17(16)21-19(23)10-13-4-2-1-3-5-13/h1-9,11,22H,10,12H2,(H,21,23). The zero-order valence-corrected chi connectivity index (χ0v) is 13.6. The van der Waals surface area contributed by atoms with Crippen LogP contribution in [-0.4, -0.2) is 11.0 Å². The number of rotatable bonds is 5. The van der Waals surface area contributed by atoms with Gasteiger partial charge in [-0.1, -0.05) is 41.9 Å². The van der Waals surface area contributed by atoms with E-state index in [1.807, 2.05) is 30.3 Å². The molecular formula is C19H16ClNO3. The number of anilines is 1. The summed E-state index contributed by atoms with van der Waals surface area (Å²) >= 11 is 6.18. The summed E-state index contributed by atoms with van der Waals surface area (Å²) in [5.41, 5.74) is 2.23. The minimum Gasteiger partial charge on any atom is -0.459 e. The number of carbonyl (C=O) groups excluding carboxylic acids is 1. The number of furan rings is 1. The summed E-state index contributed by atoms with van der Waals surface area (Å²) in [5.74, 6) is 0.944. The Morgan fingerprint density at radius 3 is 2.58 bits per heavy atom. The van der Waals surface area contributed by atoms with Crippen molar-refractivity contribution in [3.05, 3.63) is 77.0 Å². The third-order valence-electron chi connectivity index (χ3n) is 3.55. The lowest BCUT2D eigenvalue weighted by Crippen LogP contribution is -2.14. The molecule has 1 amide bonds. The largest absolute Gasteiger partial charge is 0.459 e. The summed E-state index contributed by atoms with van der Waals surface area (Å²) in [6, 6.07) is 18.2. The Morgan fingerprint density at radius 2 is 1.88 bits per heavy atom. The maximum Gasteiger partial charge on any atom is 0.228 e. The highest BCUT2D eigenvalue weighted by Gasteiger charge is 2.10. The van der Waals surface area contributed by atoms with Gasteiger partial charge in [-0.2, -0.15) is 0 Å². The average molecular weight is 342 g/mol. The van der Waals surface area contributed by atoms with Crippen molar-refractivity contribution in [2.45, 2.75) is 13.0 Å². The minimum atomic E-state index is -0.158. The van der Waals surface area contributed by atoms with Crippen LogP contribution in [0.1, 0.15) is 11.3 Å². The molecule has 122 valence electrons. The summed E-state index contributed by atoms with van der Waals surface area (Å²) in [5, 5.41) is 12.4. The maximum atomic E-state index is 12.2. The lowest BCUT2D eigenvalue weighted by atomic mass is 10.1. The van der Waals surface area contributed by atoms with Crippen molar-refractivity contribution in [1.82, 2.24) is 0 Å². The summed E-state index contributed by atoms with van der Waals surface area (Å²) in [6.45, 7) is -0.158. The van der Waals surface area contributed by atoms with Crippen molar-refractivity contribution in [2.75, 3.05) is 5.32 Å². The van der Waals surface area contributed by atoms with E-state index >= 15 is 0 Å². The molecule has 0 spiro atoms. The minimum absolute atomic E-state index is 0.143. The summed E-state index contributed by atoms with van der Waals surface area (Å²) < 4.78 is 5.51. The van der Waals surface area contributed by atoms with Crippen LogP contribution in [0.2, 0.25) is 5.02 Å². The molecule has 3 aromatic rings. The van der Waals surface area contributed by atoms with E-state index in [0.29, 0.717) is 22.2 Å². The van der Waals surface area contributed by atoms with Crippen molar-refractivity contribution in [2.24, 2.45) is 0 Å². The molecule has 0 unspecified atom stereocenters. The maximum absolute atomic E-state index is 12.2. The summed E-state index contributed by atoms with van der Waals surface area (Å²) in [4.78, 5) is 12.2. The van der Waals surface area contributed by atoms with Crippen LogP contribution in [0.3, 0.4) is 0 Å². The molecule has 4 nitrogen and oxygen atoms in total. The molecule has 0 radical (unpaired) electrons. The zero-order chi connectivity index (χ0) is 16.9. The molecule has 1 heterocycles. The van der Waals surface area contributed by atoms with Gasteiger partial charge in [0, 0.05) is 5.56 Å². The predicted molar refractivity (Wildman–Crippen MR) is 93.9 cm³/mol. The molecule has 0 aliphatic rings. The Kier molecular flexibility index (Phi) is 4.99. The third-order valence-corrected chi connectivity index (χ3v) is 3.88. The first-order valence-electron chi connectivity index (χ1n) is 7.49. The Balaban J connectivity index is 1.77. The Bertz CT molecular complexity index is 843. The molecule has 0 aliphatic carbocycles. The number of hydrogen-bond donors (Lipinski definition) is 2. The molecule has 1 aromatic heterocycles. The van der Waals surface area contributed by atoms with Gasteiger partial charge in [0.25, 0.3) is 0 Å². The second kappa shape index (κ2) is 7.34. The predicted octanol–water partition coefficient (Wildman–Crippen LogP) is 4.27. The number of hydrogen-bond acceptors (Lipinski definition) is 3. The highest BCUT2D eigenvalue weighted by atomic mass is 35.5. The number of carbonyl (C=O) groups is 1. The van der Waals surface area contributed by atoms with E-state index in [0.717, 1.165) is 11.1 Å². The van der Waals surface area contributed by atoms with Crippen LogP contribution >= 0.6 is 11.6 Å². The molecule has 3 rings (SSSR count). The van der Waals surface area contributed by atoms with Gasteiger partial charge in [0.1, 0.15) is 18.1 Å². The van der Waals surface area contributed by atoms with E-state index in [1.165, 1.54) is 0 Å². The summed E-state index contributed by atoms with van der Waals surface area (Å²) in [6.07, 6.45) is 0.275. The van der Waals surface area contributed by atoms with Gasteiger partial charge >= 0.3 is 0 Å². The van der Waals surface area contributed by atoms with Crippen molar-refractivity contribution in [1.29, 1.82) is 0 Å². The normalized spacial score (nSPS) is 10.6. The van der Waals surface area contributed by atoms with Crippen molar-refractivity contribution >= 4 is 23.2 Å². The number of aliphatic hydroxyl groups is 1. The fourth-order valence-electron chi connectivity index (χ4n) is 2.37. The average Bonchev–Trinajstić information content (AvgIpc) is 3.07. The molecule has 2 N–H and O–H groups in total. The first-order chi connectivity index (χ1) is 11.7. The van der Waals surface area contributed by atoms with E-state index in [4.69, 9.17) is 21.1 Å². The highest BCUT2D eigenvalue weighted by molar-refractivity contribution is 6.33. The van der Waals surface area contributed by atoms with E-state index in [9.17, 15) is 4.79 Å². The molecule has 24 heavy (non-hydrogen) atoms. The van der Waals surface area contributed by atoms with Gasteiger partial charge in [-0.3, -0.25) is 4.79 Å². The first kappa shape index (κ1) is 16.3. The molecule has 5 heteroatoms. The van der Waals surface area contributed by atoms with Gasteiger partial charge in [0.2, 0.25) is 5.91 Å². The Hall–Kier alpha value is -2.56. The molecule has 0 aliphatic heterocycles. The topological polar surface area (TPSA) is 62.5 Å². The van der Waals surface area contributed by atoms with Gasteiger partial charge in [0.15, 0.2) is 0 Å². The van der Waals surface area contributed by atoms with Crippen LogP contribution in [0.25, 0.3) is 11.3 Å². The van der Waals surface area contributed by atoms with Crippen LogP contribution in [0, 0.1) is 0 Å². The monoisotopic (exact) mass is 341 g/mol. The Labute approximate surface area is 144 Å². The van der Waals surface area contributed by atoms with Crippen LogP contribution < -0.4 is 5.32 Å². The van der Waals surface area contributed by atoms with Gasteiger partial charge in [-0.05, 0) is 35.9 Å². The van der Waals surface area contributed by atoms with Crippen LogP contribution in [0.15, 0.2) is 65.1 Å². The zero-order valence-electron chi connectivity index (χ0n) is 12.8. The van der Waals surface area contributed by atoms with Gasteiger partial charge in [-0.25, -0.2) is 0 Å². The Morgan fingerprint density at radius 1 is 1.08 bits per heavy atom. The molecule has 0 saturated carbocycles. The van der Waals surface area contributed by atoms with E-state index in [1.54, 1.807) is 30.3 Å². The van der Waals surface area contributed by atoms with Crippen LogP contribution in [0.5, 0.6) is 0 Å². The fourth-order valence-corrected chi connectivity index (χ4v) is 2.53. The third kappa shape index (κ3) is 3.85. The molecular weight excluding hydrogens is 326 g/mol. The second-order valence-electron chi connectivity index (χ2n) is 5.33. The molecule has 0 saturated heterocycles. The lowest BCUT2D eigenvalue weighted by Gasteiger charge is -2.09. The van der Waals surface area contributed by atoms with Crippen molar-refractivity contribution in [3.8, 4) is 11.3 Å². The van der Waals surface area contributed by atoms with E-state index in [2.05, 4.69) is 5.32 Å². The van der Waals surface area contributed by atoms with Crippen molar-refractivity contribution in [3.63, 3.8) is 0 Å².